The molecule has 0 aliphatic rings. The van der Waals surface area contributed by atoms with Gasteiger partial charge in [0, 0.05) is 28.2 Å². The van der Waals surface area contributed by atoms with Crippen LogP contribution in [0.2, 0.25) is 15.1 Å². The van der Waals surface area contributed by atoms with E-state index < -0.39 is 6.04 Å². The highest BCUT2D eigenvalue weighted by Gasteiger charge is 2.29. The first-order valence-electron chi connectivity index (χ1n) is 9.11. The zero-order valence-electron chi connectivity index (χ0n) is 15.8. The number of likely N-dealkylation sites (N-methyl/N-ethyl adjacent to an activating group) is 1. The van der Waals surface area contributed by atoms with Crippen LogP contribution >= 0.6 is 34.8 Å². The van der Waals surface area contributed by atoms with Gasteiger partial charge in [-0.3, -0.25) is 9.59 Å². The fourth-order valence-corrected chi connectivity index (χ4v) is 3.62. The Labute approximate surface area is 180 Å². The first-order chi connectivity index (χ1) is 13.4. The van der Waals surface area contributed by atoms with Crippen molar-refractivity contribution in [1.82, 2.24) is 10.2 Å². The van der Waals surface area contributed by atoms with E-state index in [4.69, 9.17) is 34.8 Å². The SMILES string of the molecule is CCNC(=O)C(CC)N(Cc1ccc(Cl)cc1Cl)C(=O)Cc1ccccc1Cl. The Morgan fingerprint density at radius 2 is 1.71 bits per heavy atom. The van der Waals surface area contributed by atoms with Gasteiger partial charge in [0.25, 0.3) is 0 Å². The third-order valence-corrected chi connectivity index (χ3v) is 5.35. The van der Waals surface area contributed by atoms with E-state index in [2.05, 4.69) is 5.32 Å². The van der Waals surface area contributed by atoms with Crippen molar-refractivity contribution in [3.63, 3.8) is 0 Å². The second-order valence-electron chi connectivity index (χ2n) is 6.34. The molecule has 1 N–H and O–H groups in total. The van der Waals surface area contributed by atoms with E-state index in [1.54, 1.807) is 35.2 Å². The molecule has 4 nitrogen and oxygen atoms in total. The molecule has 0 saturated heterocycles. The maximum absolute atomic E-state index is 13.2. The summed E-state index contributed by atoms with van der Waals surface area (Å²) in [6, 6.07) is 11.7. The number of nitrogens with zero attached hydrogens (tertiary/aromatic N) is 1. The Balaban J connectivity index is 2.35. The topological polar surface area (TPSA) is 49.4 Å². The summed E-state index contributed by atoms with van der Waals surface area (Å²) in [5.74, 6) is -0.389. The molecule has 7 heteroatoms. The van der Waals surface area contributed by atoms with Crippen LogP contribution in [0.3, 0.4) is 0 Å². The molecular formula is C21H23Cl3N2O2. The van der Waals surface area contributed by atoms with Gasteiger partial charge in [0.05, 0.1) is 6.42 Å². The van der Waals surface area contributed by atoms with Crippen LogP contribution in [-0.2, 0) is 22.6 Å². The predicted octanol–water partition coefficient (Wildman–Crippen LogP) is 5.13. The number of hydrogen-bond donors (Lipinski definition) is 1. The van der Waals surface area contributed by atoms with Crippen molar-refractivity contribution >= 4 is 46.6 Å². The van der Waals surface area contributed by atoms with Crippen molar-refractivity contribution in [2.45, 2.75) is 39.3 Å². The summed E-state index contributed by atoms with van der Waals surface area (Å²) in [6.45, 7) is 4.41. The number of nitrogens with one attached hydrogen (secondary N) is 1. The van der Waals surface area contributed by atoms with E-state index >= 15 is 0 Å². The summed E-state index contributed by atoms with van der Waals surface area (Å²) >= 11 is 18.5. The lowest BCUT2D eigenvalue weighted by atomic mass is 10.1. The number of carbonyl (C=O) groups excluding carboxylic acids is 2. The standard InChI is InChI=1S/C21H23Cl3N2O2/c1-3-19(21(28)25-4-2)26(13-15-9-10-16(22)12-18(15)24)20(27)11-14-7-5-6-8-17(14)23/h5-10,12,19H,3-4,11,13H2,1-2H3,(H,25,28). The zero-order valence-corrected chi connectivity index (χ0v) is 18.1. The van der Waals surface area contributed by atoms with E-state index in [-0.39, 0.29) is 24.8 Å². The third kappa shape index (κ3) is 5.87. The largest absolute Gasteiger partial charge is 0.355 e. The first-order valence-corrected chi connectivity index (χ1v) is 10.2. The molecule has 1 atom stereocenters. The lowest BCUT2D eigenvalue weighted by molar-refractivity contribution is -0.140. The average Bonchev–Trinajstić information content (AvgIpc) is 2.65. The number of benzene rings is 2. The monoisotopic (exact) mass is 440 g/mol. The van der Waals surface area contributed by atoms with E-state index in [9.17, 15) is 9.59 Å². The maximum Gasteiger partial charge on any atom is 0.242 e. The second-order valence-corrected chi connectivity index (χ2v) is 7.60. The van der Waals surface area contributed by atoms with Crippen LogP contribution in [-0.4, -0.2) is 29.3 Å². The minimum absolute atomic E-state index is 0.0980. The van der Waals surface area contributed by atoms with Gasteiger partial charge in [0.1, 0.15) is 6.04 Å². The van der Waals surface area contributed by atoms with Gasteiger partial charge in [0.2, 0.25) is 11.8 Å². The molecule has 0 radical (unpaired) electrons. The van der Waals surface area contributed by atoms with E-state index in [0.717, 1.165) is 5.56 Å². The Kier molecular flexibility index (Phi) is 8.61. The third-order valence-electron chi connectivity index (χ3n) is 4.39. The molecular weight excluding hydrogens is 419 g/mol. The van der Waals surface area contributed by atoms with Gasteiger partial charge >= 0.3 is 0 Å². The van der Waals surface area contributed by atoms with Crippen LogP contribution in [0.5, 0.6) is 0 Å². The number of amides is 2. The Morgan fingerprint density at radius 1 is 1.00 bits per heavy atom. The summed E-state index contributed by atoms with van der Waals surface area (Å²) in [5, 5.41) is 4.29. The molecule has 0 spiro atoms. The molecule has 0 saturated carbocycles. The Bertz CT molecular complexity index is 842. The molecule has 28 heavy (non-hydrogen) atoms. The van der Waals surface area contributed by atoms with Crippen molar-refractivity contribution in [2.75, 3.05) is 6.54 Å². The quantitative estimate of drug-likeness (QED) is 0.617. The summed E-state index contributed by atoms with van der Waals surface area (Å²) in [5.41, 5.74) is 1.44. The molecule has 2 rings (SSSR count). The smallest absolute Gasteiger partial charge is 0.242 e. The Hall–Kier alpha value is -1.75. The number of hydrogen-bond acceptors (Lipinski definition) is 2. The van der Waals surface area contributed by atoms with Gasteiger partial charge in [-0.2, -0.15) is 0 Å². The van der Waals surface area contributed by atoms with Gasteiger partial charge in [-0.05, 0) is 42.7 Å². The van der Waals surface area contributed by atoms with Crippen molar-refractivity contribution in [3.8, 4) is 0 Å². The Morgan fingerprint density at radius 3 is 2.32 bits per heavy atom. The molecule has 0 aliphatic carbocycles. The van der Waals surface area contributed by atoms with Crippen LogP contribution in [0.1, 0.15) is 31.4 Å². The van der Waals surface area contributed by atoms with Crippen molar-refractivity contribution < 1.29 is 9.59 Å². The van der Waals surface area contributed by atoms with Crippen LogP contribution in [0.25, 0.3) is 0 Å². The average molecular weight is 442 g/mol. The predicted molar refractivity (Wildman–Crippen MR) is 115 cm³/mol. The minimum Gasteiger partial charge on any atom is -0.355 e. The maximum atomic E-state index is 13.2. The molecule has 1 unspecified atom stereocenters. The van der Waals surface area contributed by atoms with Gasteiger partial charge in [0.15, 0.2) is 0 Å². The molecule has 0 heterocycles. The fraction of sp³-hybridized carbons (Fsp3) is 0.333. The highest BCUT2D eigenvalue weighted by molar-refractivity contribution is 6.35. The van der Waals surface area contributed by atoms with E-state index in [1.165, 1.54) is 0 Å². The van der Waals surface area contributed by atoms with Crippen LogP contribution in [0.4, 0.5) is 0 Å². The number of carbonyl (C=O) groups is 2. The van der Waals surface area contributed by atoms with Crippen molar-refractivity contribution in [3.05, 3.63) is 68.7 Å². The lowest BCUT2D eigenvalue weighted by Gasteiger charge is -2.31. The van der Waals surface area contributed by atoms with Crippen molar-refractivity contribution in [2.24, 2.45) is 0 Å². The van der Waals surface area contributed by atoms with Gasteiger partial charge in [-0.1, -0.05) is 66.0 Å². The van der Waals surface area contributed by atoms with E-state index in [1.807, 2.05) is 26.0 Å². The van der Waals surface area contributed by atoms with Crippen molar-refractivity contribution in [1.29, 1.82) is 0 Å². The van der Waals surface area contributed by atoms with Gasteiger partial charge < -0.3 is 10.2 Å². The normalized spacial score (nSPS) is 11.8. The number of rotatable bonds is 8. The fourth-order valence-electron chi connectivity index (χ4n) is 2.95. The highest BCUT2D eigenvalue weighted by atomic mass is 35.5. The summed E-state index contributed by atoms with van der Waals surface area (Å²) < 4.78 is 0. The summed E-state index contributed by atoms with van der Waals surface area (Å²) in [4.78, 5) is 27.3. The molecule has 2 aromatic rings. The van der Waals surface area contributed by atoms with Crippen LogP contribution < -0.4 is 5.32 Å². The molecule has 0 bridgehead atoms. The molecule has 2 amide bonds. The summed E-state index contributed by atoms with van der Waals surface area (Å²) in [7, 11) is 0. The van der Waals surface area contributed by atoms with Crippen LogP contribution in [0, 0.1) is 0 Å². The summed E-state index contributed by atoms with van der Waals surface area (Å²) in [6.07, 6.45) is 0.575. The molecule has 2 aromatic carbocycles. The molecule has 0 aromatic heterocycles. The van der Waals surface area contributed by atoms with Gasteiger partial charge in [-0.15, -0.1) is 0 Å². The molecule has 0 fully saturated rings. The molecule has 150 valence electrons. The second kappa shape index (κ2) is 10.7. The first kappa shape index (κ1) is 22.5. The molecule has 0 aliphatic heterocycles. The minimum atomic E-state index is -0.610. The van der Waals surface area contributed by atoms with Crippen LogP contribution in [0.15, 0.2) is 42.5 Å². The van der Waals surface area contributed by atoms with E-state index in [0.29, 0.717) is 33.6 Å². The van der Waals surface area contributed by atoms with Gasteiger partial charge in [-0.25, -0.2) is 0 Å². The zero-order chi connectivity index (χ0) is 20.7. The lowest BCUT2D eigenvalue weighted by Crippen LogP contribution is -2.49. The highest BCUT2D eigenvalue weighted by Crippen LogP contribution is 2.25. The number of halogens is 3.